The molecule has 1 saturated heterocycles. The second-order valence-corrected chi connectivity index (χ2v) is 5.18. The van der Waals surface area contributed by atoms with E-state index in [0.29, 0.717) is 6.54 Å². The van der Waals surface area contributed by atoms with Crippen molar-refractivity contribution in [2.24, 2.45) is 0 Å². The van der Waals surface area contributed by atoms with Gasteiger partial charge in [-0.2, -0.15) is 0 Å². The van der Waals surface area contributed by atoms with Crippen LogP contribution >= 0.6 is 0 Å². The molecule has 2 rings (SSSR count). The zero-order chi connectivity index (χ0) is 14.4. The van der Waals surface area contributed by atoms with E-state index in [1.165, 1.54) is 12.1 Å². The number of carbonyl (C=O) groups excluding carboxylic acids is 1. The predicted octanol–water partition coefficient (Wildman–Crippen LogP) is 1.16. The van der Waals surface area contributed by atoms with E-state index in [0.717, 1.165) is 44.7 Å². The Bertz CT molecular complexity index is 458. The van der Waals surface area contributed by atoms with Crippen LogP contribution in [0.15, 0.2) is 18.2 Å². The third-order valence-electron chi connectivity index (χ3n) is 3.52. The van der Waals surface area contributed by atoms with Crippen LogP contribution in [0.2, 0.25) is 0 Å². The van der Waals surface area contributed by atoms with Gasteiger partial charge in [0.15, 0.2) is 0 Å². The zero-order valence-corrected chi connectivity index (χ0v) is 11.9. The number of hydrogen-bond acceptors (Lipinski definition) is 3. The molecule has 0 unspecified atom stereocenters. The van der Waals surface area contributed by atoms with Gasteiger partial charge in [-0.1, -0.05) is 6.07 Å². The summed E-state index contributed by atoms with van der Waals surface area (Å²) in [7, 11) is 0. The molecule has 1 aliphatic rings. The molecule has 0 radical (unpaired) electrons. The van der Waals surface area contributed by atoms with E-state index < -0.39 is 5.82 Å². The van der Waals surface area contributed by atoms with Gasteiger partial charge in [0.25, 0.3) is 5.91 Å². The van der Waals surface area contributed by atoms with Gasteiger partial charge in [-0.05, 0) is 37.6 Å². The molecule has 0 atom stereocenters. The molecule has 1 amide bonds. The van der Waals surface area contributed by atoms with Crippen molar-refractivity contribution in [1.82, 2.24) is 15.5 Å². The number of rotatable bonds is 5. The molecule has 1 aromatic carbocycles. The van der Waals surface area contributed by atoms with Crippen molar-refractivity contribution in [1.29, 1.82) is 0 Å². The summed E-state index contributed by atoms with van der Waals surface area (Å²) in [5.41, 5.74) is 0.940. The van der Waals surface area contributed by atoms with E-state index in [9.17, 15) is 9.18 Å². The average molecular weight is 279 g/mol. The highest BCUT2D eigenvalue weighted by Crippen LogP contribution is 2.09. The Kier molecular flexibility index (Phi) is 5.49. The van der Waals surface area contributed by atoms with E-state index in [-0.39, 0.29) is 11.5 Å². The highest BCUT2D eigenvalue weighted by molar-refractivity contribution is 5.94. The maximum absolute atomic E-state index is 13.6. The monoisotopic (exact) mass is 279 g/mol. The normalized spacial score (nSPS) is 16.1. The maximum atomic E-state index is 13.6. The van der Waals surface area contributed by atoms with E-state index >= 15 is 0 Å². The first-order chi connectivity index (χ1) is 9.66. The summed E-state index contributed by atoms with van der Waals surface area (Å²) in [5, 5.41) is 6.08. The topological polar surface area (TPSA) is 44.4 Å². The van der Waals surface area contributed by atoms with Crippen LogP contribution in [0, 0.1) is 12.7 Å². The van der Waals surface area contributed by atoms with Crippen molar-refractivity contribution in [2.45, 2.75) is 13.3 Å². The first-order valence-electron chi connectivity index (χ1n) is 7.14. The third-order valence-corrected chi connectivity index (χ3v) is 3.52. The highest BCUT2D eigenvalue weighted by atomic mass is 19.1. The summed E-state index contributed by atoms with van der Waals surface area (Å²) >= 11 is 0. The van der Waals surface area contributed by atoms with Crippen molar-refractivity contribution in [2.75, 3.05) is 39.3 Å². The van der Waals surface area contributed by atoms with Gasteiger partial charge >= 0.3 is 0 Å². The number of halogens is 1. The number of nitrogens with zero attached hydrogens (tertiary/aromatic N) is 1. The van der Waals surface area contributed by atoms with Crippen molar-refractivity contribution < 1.29 is 9.18 Å². The number of carbonyl (C=O) groups is 1. The van der Waals surface area contributed by atoms with Crippen molar-refractivity contribution in [3.63, 3.8) is 0 Å². The predicted molar refractivity (Wildman–Crippen MR) is 77.4 cm³/mol. The van der Waals surface area contributed by atoms with E-state index in [2.05, 4.69) is 15.5 Å². The van der Waals surface area contributed by atoms with Gasteiger partial charge in [-0.3, -0.25) is 4.79 Å². The lowest BCUT2D eigenvalue weighted by Crippen LogP contribution is -2.44. The van der Waals surface area contributed by atoms with Crippen LogP contribution in [0.25, 0.3) is 0 Å². The number of aryl methyl sites for hydroxylation is 1. The molecular formula is C15H22FN3O. The number of piperazine rings is 1. The molecule has 1 heterocycles. The summed E-state index contributed by atoms with van der Waals surface area (Å²) in [6.45, 7) is 7.52. The molecule has 4 nitrogen and oxygen atoms in total. The Morgan fingerprint density at radius 2 is 2.15 bits per heavy atom. The molecule has 0 aliphatic carbocycles. The Morgan fingerprint density at radius 3 is 2.85 bits per heavy atom. The second-order valence-electron chi connectivity index (χ2n) is 5.18. The molecule has 1 aliphatic heterocycles. The number of nitrogens with one attached hydrogen (secondary N) is 2. The van der Waals surface area contributed by atoms with Gasteiger partial charge in [0.05, 0.1) is 5.56 Å². The summed E-state index contributed by atoms with van der Waals surface area (Å²) in [6.07, 6.45) is 0.888. The van der Waals surface area contributed by atoms with Gasteiger partial charge in [0.1, 0.15) is 5.82 Å². The van der Waals surface area contributed by atoms with Crippen LogP contribution in [0.5, 0.6) is 0 Å². The molecule has 110 valence electrons. The lowest BCUT2D eigenvalue weighted by Gasteiger charge is -2.27. The fourth-order valence-electron chi connectivity index (χ4n) is 2.34. The average Bonchev–Trinajstić information content (AvgIpc) is 2.44. The van der Waals surface area contributed by atoms with E-state index in [1.54, 1.807) is 13.0 Å². The van der Waals surface area contributed by atoms with Crippen molar-refractivity contribution >= 4 is 5.91 Å². The Labute approximate surface area is 119 Å². The summed E-state index contributed by atoms with van der Waals surface area (Å²) < 4.78 is 13.6. The molecule has 1 fully saturated rings. The Balaban J connectivity index is 1.72. The number of amides is 1. The molecule has 20 heavy (non-hydrogen) atoms. The van der Waals surface area contributed by atoms with Gasteiger partial charge in [-0.15, -0.1) is 0 Å². The first-order valence-corrected chi connectivity index (χ1v) is 7.14. The van der Waals surface area contributed by atoms with Gasteiger partial charge < -0.3 is 15.5 Å². The van der Waals surface area contributed by atoms with E-state index in [4.69, 9.17) is 0 Å². The maximum Gasteiger partial charge on any atom is 0.254 e. The number of hydrogen-bond donors (Lipinski definition) is 2. The van der Waals surface area contributed by atoms with Gasteiger partial charge in [0.2, 0.25) is 0 Å². The molecule has 1 aromatic rings. The van der Waals surface area contributed by atoms with Gasteiger partial charge in [0, 0.05) is 32.7 Å². The summed E-state index contributed by atoms with van der Waals surface area (Å²) in [4.78, 5) is 14.2. The van der Waals surface area contributed by atoms with Crippen molar-refractivity contribution in [3.8, 4) is 0 Å². The smallest absolute Gasteiger partial charge is 0.254 e. The summed E-state index contributed by atoms with van der Waals surface area (Å²) in [6, 6.07) is 4.67. The second kappa shape index (κ2) is 7.36. The first kappa shape index (κ1) is 14.9. The lowest BCUT2D eigenvalue weighted by atomic mass is 10.1. The Hall–Kier alpha value is -1.46. The van der Waals surface area contributed by atoms with Crippen LogP contribution in [0.4, 0.5) is 4.39 Å². The quantitative estimate of drug-likeness (QED) is 0.795. The fraction of sp³-hybridized carbons (Fsp3) is 0.533. The zero-order valence-electron chi connectivity index (χ0n) is 11.9. The minimum Gasteiger partial charge on any atom is -0.352 e. The van der Waals surface area contributed by atoms with Crippen LogP contribution < -0.4 is 10.6 Å². The molecule has 0 aromatic heterocycles. The standard InChI is InChI=1S/C15H22FN3O/c1-12-3-4-13(14(16)11-12)15(20)18-5-2-8-19-9-6-17-7-10-19/h3-4,11,17H,2,5-10H2,1H3,(H,18,20). The summed E-state index contributed by atoms with van der Waals surface area (Å²) in [5.74, 6) is -0.785. The molecule has 0 saturated carbocycles. The van der Waals surface area contributed by atoms with Gasteiger partial charge in [-0.25, -0.2) is 4.39 Å². The highest BCUT2D eigenvalue weighted by Gasteiger charge is 2.12. The molecule has 2 N–H and O–H groups in total. The third kappa shape index (κ3) is 4.28. The Morgan fingerprint density at radius 1 is 1.40 bits per heavy atom. The molecular weight excluding hydrogens is 257 g/mol. The fourth-order valence-corrected chi connectivity index (χ4v) is 2.34. The van der Waals surface area contributed by atoms with Crippen LogP contribution in [-0.2, 0) is 0 Å². The largest absolute Gasteiger partial charge is 0.352 e. The molecule has 5 heteroatoms. The van der Waals surface area contributed by atoms with Crippen LogP contribution in [0.1, 0.15) is 22.3 Å². The number of benzene rings is 1. The van der Waals surface area contributed by atoms with Crippen LogP contribution in [0.3, 0.4) is 0 Å². The molecule has 0 bridgehead atoms. The lowest BCUT2D eigenvalue weighted by molar-refractivity contribution is 0.0947. The molecule has 0 spiro atoms. The minimum absolute atomic E-state index is 0.123. The SMILES string of the molecule is Cc1ccc(C(=O)NCCCN2CCNCC2)c(F)c1. The van der Waals surface area contributed by atoms with E-state index in [1.807, 2.05) is 0 Å². The van der Waals surface area contributed by atoms with Crippen molar-refractivity contribution in [3.05, 3.63) is 35.1 Å². The van der Waals surface area contributed by atoms with Crippen LogP contribution in [-0.4, -0.2) is 50.1 Å². The minimum atomic E-state index is -0.454.